The highest BCUT2D eigenvalue weighted by Gasteiger charge is 2.26. The van der Waals surface area contributed by atoms with Crippen molar-refractivity contribution in [2.24, 2.45) is 0 Å². The predicted octanol–water partition coefficient (Wildman–Crippen LogP) is 3.61. The van der Waals surface area contributed by atoms with E-state index in [9.17, 15) is 8.42 Å². The van der Waals surface area contributed by atoms with Crippen molar-refractivity contribution in [3.05, 3.63) is 44.6 Å². The van der Waals surface area contributed by atoms with Gasteiger partial charge in [-0.25, -0.2) is 8.42 Å². The highest BCUT2D eigenvalue weighted by molar-refractivity contribution is 9.11. The fourth-order valence-electron chi connectivity index (χ4n) is 2.09. The van der Waals surface area contributed by atoms with Gasteiger partial charge < -0.3 is 5.73 Å². The monoisotopic (exact) mass is 388 g/mol. The second-order valence-electron chi connectivity index (χ2n) is 4.65. The van der Waals surface area contributed by atoms with E-state index in [2.05, 4.69) is 15.9 Å². The van der Waals surface area contributed by atoms with Crippen molar-refractivity contribution < 1.29 is 8.42 Å². The molecule has 21 heavy (non-hydrogen) atoms. The van der Waals surface area contributed by atoms with Crippen LogP contribution in [-0.2, 0) is 16.6 Å². The molecule has 1 aromatic heterocycles. The molecule has 2 N–H and O–H groups in total. The summed E-state index contributed by atoms with van der Waals surface area (Å²) in [6, 6.07) is 8.96. The van der Waals surface area contributed by atoms with E-state index in [1.54, 1.807) is 18.2 Å². The molecule has 0 spiro atoms. The van der Waals surface area contributed by atoms with E-state index in [1.165, 1.54) is 15.6 Å². The lowest BCUT2D eigenvalue weighted by Crippen LogP contribution is -2.30. The number of halogens is 1. The number of nitrogens with two attached hydrogens (primary N) is 1. The average molecular weight is 389 g/mol. The van der Waals surface area contributed by atoms with Crippen molar-refractivity contribution in [1.29, 1.82) is 0 Å². The molecular weight excluding hydrogens is 372 g/mol. The van der Waals surface area contributed by atoms with E-state index in [-0.39, 0.29) is 0 Å². The average Bonchev–Trinajstić information content (AvgIpc) is 2.75. The quantitative estimate of drug-likeness (QED) is 0.795. The number of sulfonamides is 1. The fraction of sp³-hybridized carbons (Fsp3) is 0.286. The Morgan fingerprint density at radius 2 is 2.05 bits per heavy atom. The Hall–Kier alpha value is -0.890. The lowest BCUT2D eigenvalue weighted by Gasteiger charge is -2.20. The van der Waals surface area contributed by atoms with Crippen molar-refractivity contribution >= 4 is 43.0 Å². The zero-order chi connectivity index (χ0) is 15.6. The first-order chi connectivity index (χ1) is 9.84. The van der Waals surface area contributed by atoms with Gasteiger partial charge >= 0.3 is 0 Å². The van der Waals surface area contributed by atoms with Crippen LogP contribution in [0.4, 0.5) is 5.69 Å². The summed E-state index contributed by atoms with van der Waals surface area (Å²) in [7, 11) is -3.50. The number of nitrogen functional groups attached to an aromatic ring is 1. The Kier molecular flexibility index (Phi) is 5.08. The summed E-state index contributed by atoms with van der Waals surface area (Å²) in [4.78, 5) is 1.15. The molecule has 0 radical (unpaired) electrons. The van der Waals surface area contributed by atoms with Crippen LogP contribution in [0.2, 0.25) is 0 Å². The van der Waals surface area contributed by atoms with E-state index in [0.717, 1.165) is 14.2 Å². The molecule has 2 aromatic rings. The van der Waals surface area contributed by atoms with Crippen LogP contribution in [0.5, 0.6) is 0 Å². The van der Waals surface area contributed by atoms with Gasteiger partial charge in [0, 0.05) is 23.7 Å². The van der Waals surface area contributed by atoms with Crippen molar-refractivity contribution in [2.75, 3.05) is 12.3 Å². The van der Waals surface area contributed by atoms with E-state index in [0.29, 0.717) is 23.7 Å². The van der Waals surface area contributed by atoms with Crippen LogP contribution in [0.15, 0.2) is 39.0 Å². The van der Waals surface area contributed by atoms with Crippen LogP contribution in [0, 0.1) is 6.92 Å². The number of rotatable bonds is 5. The second-order valence-corrected chi connectivity index (χ2v) is 9.19. The first kappa shape index (κ1) is 16.5. The molecule has 1 aromatic carbocycles. The van der Waals surface area contributed by atoms with E-state index in [4.69, 9.17) is 5.73 Å². The molecule has 0 aliphatic heterocycles. The van der Waals surface area contributed by atoms with Gasteiger partial charge in [-0.3, -0.25) is 0 Å². The summed E-state index contributed by atoms with van der Waals surface area (Å²) in [5.74, 6) is 0. The number of hydrogen-bond acceptors (Lipinski definition) is 4. The SMILES string of the molecule is CCN(Cc1cccc(N)c1)S(=O)(=O)c1cc(Br)sc1C. The van der Waals surface area contributed by atoms with Gasteiger partial charge in [-0.2, -0.15) is 4.31 Å². The van der Waals surface area contributed by atoms with E-state index < -0.39 is 10.0 Å². The number of benzene rings is 1. The zero-order valence-electron chi connectivity index (χ0n) is 11.8. The summed E-state index contributed by atoms with van der Waals surface area (Å²) in [5, 5.41) is 0. The smallest absolute Gasteiger partial charge is 0.244 e. The van der Waals surface area contributed by atoms with E-state index >= 15 is 0 Å². The van der Waals surface area contributed by atoms with Crippen LogP contribution in [0.1, 0.15) is 17.4 Å². The third kappa shape index (κ3) is 3.66. The van der Waals surface area contributed by atoms with Gasteiger partial charge in [-0.15, -0.1) is 11.3 Å². The Labute approximate surface area is 137 Å². The maximum atomic E-state index is 12.8. The fourth-order valence-corrected chi connectivity index (χ4v) is 5.91. The molecule has 7 heteroatoms. The summed E-state index contributed by atoms with van der Waals surface area (Å²) >= 11 is 4.77. The Bertz CT molecular complexity index is 741. The number of hydrogen-bond donors (Lipinski definition) is 1. The minimum atomic E-state index is -3.50. The molecule has 0 bridgehead atoms. The van der Waals surface area contributed by atoms with E-state index in [1.807, 2.05) is 26.0 Å². The first-order valence-corrected chi connectivity index (χ1v) is 9.50. The van der Waals surface area contributed by atoms with Crippen molar-refractivity contribution in [1.82, 2.24) is 4.31 Å². The highest BCUT2D eigenvalue weighted by atomic mass is 79.9. The second kappa shape index (κ2) is 6.48. The van der Waals surface area contributed by atoms with Crippen molar-refractivity contribution in [3.8, 4) is 0 Å². The molecule has 0 saturated heterocycles. The van der Waals surface area contributed by atoms with Gasteiger partial charge in [-0.05, 0) is 46.6 Å². The van der Waals surface area contributed by atoms with Crippen molar-refractivity contribution in [3.63, 3.8) is 0 Å². The van der Waals surface area contributed by atoms with Gasteiger partial charge in [-0.1, -0.05) is 19.1 Å². The maximum Gasteiger partial charge on any atom is 0.244 e. The standard InChI is InChI=1S/C14H17BrN2O2S2/c1-3-17(9-11-5-4-6-12(16)7-11)21(18,19)13-8-14(15)20-10(13)2/h4-8H,3,9,16H2,1-2H3. The zero-order valence-corrected chi connectivity index (χ0v) is 15.1. The molecular formula is C14H17BrN2O2S2. The molecule has 0 amide bonds. The molecule has 0 aliphatic rings. The molecule has 4 nitrogen and oxygen atoms in total. The van der Waals surface area contributed by atoms with Crippen molar-refractivity contribution in [2.45, 2.75) is 25.3 Å². The minimum absolute atomic E-state index is 0.316. The normalized spacial score (nSPS) is 12.0. The molecule has 114 valence electrons. The van der Waals surface area contributed by atoms with Crippen LogP contribution in [-0.4, -0.2) is 19.3 Å². The van der Waals surface area contributed by atoms with Gasteiger partial charge in [0.15, 0.2) is 0 Å². The molecule has 0 atom stereocenters. The van der Waals surface area contributed by atoms with Crippen LogP contribution >= 0.6 is 27.3 Å². The number of anilines is 1. The Morgan fingerprint density at radius 1 is 1.33 bits per heavy atom. The van der Waals surface area contributed by atoms with Crippen LogP contribution in [0.3, 0.4) is 0 Å². The Morgan fingerprint density at radius 3 is 2.57 bits per heavy atom. The molecule has 0 fully saturated rings. The number of thiophene rings is 1. The molecule has 0 aliphatic carbocycles. The number of aryl methyl sites for hydroxylation is 1. The third-order valence-electron chi connectivity index (χ3n) is 3.12. The van der Waals surface area contributed by atoms with Gasteiger partial charge in [0.1, 0.15) is 0 Å². The van der Waals surface area contributed by atoms with Crippen LogP contribution < -0.4 is 5.73 Å². The summed E-state index contributed by atoms with van der Waals surface area (Å²) in [6.45, 7) is 4.37. The molecule has 2 rings (SSSR count). The lowest BCUT2D eigenvalue weighted by atomic mass is 10.2. The number of nitrogens with zero attached hydrogens (tertiary/aromatic N) is 1. The van der Waals surface area contributed by atoms with Gasteiger partial charge in [0.2, 0.25) is 10.0 Å². The van der Waals surface area contributed by atoms with Gasteiger partial charge in [0.05, 0.1) is 8.68 Å². The first-order valence-electron chi connectivity index (χ1n) is 6.45. The summed E-state index contributed by atoms with van der Waals surface area (Å²) in [6.07, 6.45) is 0. The predicted molar refractivity (Wildman–Crippen MR) is 90.9 cm³/mol. The minimum Gasteiger partial charge on any atom is -0.399 e. The summed E-state index contributed by atoms with van der Waals surface area (Å²) < 4.78 is 27.8. The van der Waals surface area contributed by atoms with Crippen LogP contribution in [0.25, 0.3) is 0 Å². The molecule has 0 unspecified atom stereocenters. The molecule has 0 saturated carbocycles. The Balaban J connectivity index is 2.34. The largest absolute Gasteiger partial charge is 0.399 e. The highest BCUT2D eigenvalue weighted by Crippen LogP contribution is 2.32. The molecule has 1 heterocycles. The third-order valence-corrected chi connectivity index (χ3v) is 6.85. The summed E-state index contributed by atoms with van der Waals surface area (Å²) in [5.41, 5.74) is 7.27. The topological polar surface area (TPSA) is 63.4 Å². The maximum absolute atomic E-state index is 12.8. The van der Waals surface area contributed by atoms with Gasteiger partial charge in [0.25, 0.3) is 0 Å². The lowest BCUT2D eigenvalue weighted by molar-refractivity contribution is 0.423.